The van der Waals surface area contributed by atoms with Crippen LogP contribution in [0.3, 0.4) is 0 Å². The molecule has 0 saturated carbocycles. The summed E-state index contributed by atoms with van der Waals surface area (Å²) in [6, 6.07) is 0. The van der Waals surface area contributed by atoms with Gasteiger partial charge in [-0.05, 0) is 37.5 Å². The average Bonchev–Trinajstić information content (AvgIpc) is 2.88. The Morgan fingerprint density at radius 1 is 0.305 bits per heavy atom. The van der Waals surface area contributed by atoms with Crippen LogP contribution in [0.5, 0.6) is 0 Å². The van der Waals surface area contributed by atoms with Crippen LogP contribution in [0.15, 0.2) is 0 Å². The lowest BCUT2D eigenvalue weighted by molar-refractivity contribution is -0.161. The number of ether oxygens (including phenoxy) is 4. The van der Waals surface area contributed by atoms with Gasteiger partial charge in [0.2, 0.25) is 0 Å². The summed E-state index contributed by atoms with van der Waals surface area (Å²) in [4.78, 5) is 72.8. The molecule has 0 heterocycles. The molecule has 0 aliphatic carbocycles. The van der Waals surface area contributed by atoms with E-state index in [9.17, 15) is 43.2 Å². The number of aliphatic hydroxyl groups is 1. The van der Waals surface area contributed by atoms with E-state index in [4.69, 9.17) is 37.0 Å². The molecule has 0 aromatic rings. The van der Waals surface area contributed by atoms with Crippen molar-refractivity contribution in [3.63, 3.8) is 0 Å². The van der Waals surface area contributed by atoms with Crippen LogP contribution in [-0.4, -0.2) is 96.7 Å². The largest absolute Gasteiger partial charge is 0.472 e. The highest BCUT2D eigenvalue weighted by molar-refractivity contribution is 7.47. The van der Waals surface area contributed by atoms with Crippen molar-refractivity contribution in [1.82, 2.24) is 0 Å². The van der Waals surface area contributed by atoms with E-state index in [0.717, 1.165) is 102 Å². The Morgan fingerprint density at radius 3 is 0.800 bits per heavy atom. The van der Waals surface area contributed by atoms with E-state index in [0.29, 0.717) is 25.7 Å². The predicted octanol–water partition coefficient (Wildman–Crippen LogP) is 22.3. The molecule has 6 atom stereocenters. The number of rotatable bonds is 75. The Labute approximate surface area is 581 Å². The number of aliphatic hydroxyl groups excluding tert-OH is 1. The molecule has 17 nitrogen and oxygen atoms in total. The lowest BCUT2D eigenvalue weighted by atomic mass is 9.99. The zero-order chi connectivity index (χ0) is 70.0. The Hall–Kier alpha value is -1.94. The highest BCUT2D eigenvalue weighted by Crippen LogP contribution is 2.45. The van der Waals surface area contributed by atoms with Crippen LogP contribution in [0.25, 0.3) is 0 Å². The van der Waals surface area contributed by atoms with Gasteiger partial charge < -0.3 is 33.8 Å². The van der Waals surface area contributed by atoms with Crippen molar-refractivity contribution in [3.05, 3.63) is 0 Å². The third kappa shape index (κ3) is 69.0. The first-order chi connectivity index (χ1) is 45.9. The lowest BCUT2D eigenvalue weighted by Crippen LogP contribution is -2.30. The van der Waals surface area contributed by atoms with Gasteiger partial charge in [0.15, 0.2) is 12.2 Å². The molecule has 3 N–H and O–H groups in total. The fraction of sp³-hybridized carbons (Fsp3) is 0.947. The Kier molecular flexibility index (Phi) is 66.5. The van der Waals surface area contributed by atoms with Gasteiger partial charge in [0.1, 0.15) is 19.3 Å². The van der Waals surface area contributed by atoms with Gasteiger partial charge in [-0.15, -0.1) is 0 Å². The van der Waals surface area contributed by atoms with Crippen molar-refractivity contribution in [2.75, 3.05) is 39.6 Å². The van der Waals surface area contributed by atoms with Crippen LogP contribution >= 0.6 is 15.6 Å². The van der Waals surface area contributed by atoms with Crippen LogP contribution < -0.4 is 0 Å². The highest BCUT2D eigenvalue weighted by Gasteiger charge is 2.30. The van der Waals surface area contributed by atoms with Crippen molar-refractivity contribution < 1.29 is 80.2 Å². The molecule has 19 heteroatoms. The second-order valence-electron chi connectivity index (χ2n) is 28.1. The minimum absolute atomic E-state index is 0.106. The zero-order valence-electron chi connectivity index (χ0n) is 62.0. The molecule has 3 unspecified atom stereocenters. The van der Waals surface area contributed by atoms with Crippen molar-refractivity contribution >= 4 is 39.5 Å². The predicted molar refractivity (Wildman–Crippen MR) is 386 cm³/mol. The van der Waals surface area contributed by atoms with Crippen LogP contribution in [0, 0.1) is 11.8 Å². The SMILES string of the molecule is CCCCCCCCCCCCCCCCCC(=O)OC[C@H](COP(=O)(O)OC[C@@H](O)COP(=O)(O)OC[C@@H](COC(=O)CCCCCCCCCCCC)OC(=O)CCCCCCCCCCCC(C)C)OC(=O)CCCCCCCCCCCCCCCCC(C)CC. The Bertz CT molecular complexity index is 1840. The highest BCUT2D eigenvalue weighted by atomic mass is 31.2. The molecule has 0 saturated heterocycles. The van der Waals surface area contributed by atoms with Crippen molar-refractivity contribution in [2.24, 2.45) is 11.8 Å². The van der Waals surface area contributed by atoms with E-state index in [1.165, 1.54) is 212 Å². The summed E-state index contributed by atoms with van der Waals surface area (Å²) in [5.74, 6) is -0.532. The van der Waals surface area contributed by atoms with Gasteiger partial charge in [0.25, 0.3) is 0 Å². The normalized spacial score (nSPS) is 14.3. The summed E-state index contributed by atoms with van der Waals surface area (Å²) < 4.78 is 68.5. The summed E-state index contributed by atoms with van der Waals surface area (Å²) in [5, 5.41) is 10.6. The van der Waals surface area contributed by atoms with Gasteiger partial charge in [-0.3, -0.25) is 37.3 Å². The quantitative estimate of drug-likeness (QED) is 0.0222. The molecule has 0 aliphatic heterocycles. The standard InChI is InChI=1S/C76H148O17P2/c1-7-10-12-14-16-18-20-21-22-26-29-35-41-47-53-59-74(79)87-65-71(92-75(80)60-54-48-42-36-30-27-24-23-25-28-33-39-45-51-57-69(6)9-3)66-90-94(82,83)88-62-70(77)63-89-95(84,85)91-67-72(64-86-73(78)58-52-46-40-34-19-17-15-13-11-8-2)93-76(81)61-55-49-43-37-31-32-38-44-50-56-68(4)5/h68-72,77H,7-67H2,1-6H3,(H,82,83)(H,84,85)/t69?,70-,71-,72-/m1/s1. The molecule has 0 fully saturated rings. The van der Waals surface area contributed by atoms with Crippen LogP contribution in [-0.2, 0) is 65.4 Å². The maximum atomic E-state index is 13.1. The van der Waals surface area contributed by atoms with E-state index in [1.54, 1.807) is 0 Å². The van der Waals surface area contributed by atoms with Gasteiger partial charge in [0.05, 0.1) is 26.4 Å². The Morgan fingerprint density at radius 2 is 0.537 bits per heavy atom. The van der Waals surface area contributed by atoms with E-state index in [-0.39, 0.29) is 25.7 Å². The number of carbonyl (C=O) groups is 4. The molecule has 95 heavy (non-hydrogen) atoms. The van der Waals surface area contributed by atoms with E-state index in [1.807, 2.05) is 0 Å². The number of phosphoric acid groups is 2. The van der Waals surface area contributed by atoms with Gasteiger partial charge in [-0.2, -0.15) is 0 Å². The number of carbonyl (C=O) groups excluding carboxylic acids is 4. The third-order valence-corrected chi connectivity index (χ3v) is 20.0. The molecule has 0 aliphatic rings. The second kappa shape index (κ2) is 67.9. The summed E-state index contributed by atoms with van der Waals surface area (Å²) in [6.45, 7) is 9.62. The maximum absolute atomic E-state index is 13.1. The molecule has 0 radical (unpaired) electrons. The average molecular weight is 1400 g/mol. The number of hydrogen-bond acceptors (Lipinski definition) is 15. The van der Waals surface area contributed by atoms with Gasteiger partial charge >= 0.3 is 39.5 Å². The zero-order valence-corrected chi connectivity index (χ0v) is 63.8. The van der Waals surface area contributed by atoms with Crippen molar-refractivity contribution in [1.29, 1.82) is 0 Å². The monoisotopic (exact) mass is 1400 g/mol. The fourth-order valence-corrected chi connectivity index (χ4v) is 13.2. The molecule has 0 spiro atoms. The molecule has 564 valence electrons. The maximum Gasteiger partial charge on any atom is 0.472 e. The summed E-state index contributed by atoms with van der Waals surface area (Å²) in [7, 11) is -9.91. The van der Waals surface area contributed by atoms with E-state index < -0.39 is 97.5 Å². The molecule has 0 aromatic carbocycles. The van der Waals surface area contributed by atoms with Crippen molar-refractivity contribution in [2.45, 2.75) is 413 Å². The molecule has 0 amide bonds. The van der Waals surface area contributed by atoms with Crippen LogP contribution in [0.1, 0.15) is 395 Å². The summed E-state index contributed by atoms with van der Waals surface area (Å²) in [5.41, 5.74) is 0. The topological polar surface area (TPSA) is 237 Å². The Balaban J connectivity index is 5.24. The number of hydrogen-bond donors (Lipinski definition) is 3. The summed E-state index contributed by atoms with van der Waals surface area (Å²) in [6.07, 6.45) is 55.3. The molecule has 0 bridgehead atoms. The van der Waals surface area contributed by atoms with Gasteiger partial charge in [-0.1, -0.05) is 343 Å². The molecule has 0 rings (SSSR count). The number of phosphoric ester groups is 2. The number of esters is 4. The summed E-state index contributed by atoms with van der Waals surface area (Å²) >= 11 is 0. The number of unbranched alkanes of at least 4 members (excludes halogenated alkanes) is 44. The first-order valence-electron chi connectivity index (χ1n) is 39.5. The molecule has 0 aromatic heterocycles. The van der Waals surface area contributed by atoms with Gasteiger partial charge in [0, 0.05) is 25.7 Å². The lowest BCUT2D eigenvalue weighted by Gasteiger charge is -2.21. The second-order valence-corrected chi connectivity index (χ2v) is 31.0. The minimum atomic E-state index is -4.96. The fourth-order valence-electron chi connectivity index (χ4n) is 11.6. The third-order valence-electron chi connectivity index (χ3n) is 18.1. The molecular weight excluding hydrogens is 1250 g/mol. The molecular formula is C76H148O17P2. The minimum Gasteiger partial charge on any atom is -0.462 e. The van der Waals surface area contributed by atoms with Crippen LogP contribution in [0.4, 0.5) is 0 Å². The first kappa shape index (κ1) is 93.1. The van der Waals surface area contributed by atoms with E-state index in [2.05, 4.69) is 41.5 Å². The van der Waals surface area contributed by atoms with Crippen molar-refractivity contribution in [3.8, 4) is 0 Å². The van der Waals surface area contributed by atoms with Gasteiger partial charge in [-0.25, -0.2) is 9.13 Å². The first-order valence-corrected chi connectivity index (χ1v) is 42.5. The smallest absolute Gasteiger partial charge is 0.462 e. The van der Waals surface area contributed by atoms with Crippen LogP contribution in [0.2, 0.25) is 0 Å². The van der Waals surface area contributed by atoms with E-state index >= 15 is 0 Å².